The Morgan fingerprint density at radius 1 is 1.23 bits per heavy atom. The van der Waals surface area contributed by atoms with Gasteiger partial charge in [-0.25, -0.2) is 13.1 Å². The predicted octanol–water partition coefficient (Wildman–Crippen LogP) is 1.12. The molecule has 0 aliphatic heterocycles. The van der Waals surface area contributed by atoms with E-state index in [0.717, 1.165) is 19.3 Å². The van der Waals surface area contributed by atoms with Crippen LogP contribution in [0.15, 0.2) is 29.2 Å². The van der Waals surface area contributed by atoms with Crippen LogP contribution in [-0.2, 0) is 14.8 Å². The van der Waals surface area contributed by atoms with Crippen LogP contribution >= 0.6 is 0 Å². The summed E-state index contributed by atoms with van der Waals surface area (Å²) >= 11 is 0. The number of methoxy groups -OCH3 is 1. The van der Waals surface area contributed by atoms with Crippen LogP contribution in [0.25, 0.3) is 0 Å². The Kier molecular flexibility index (Phi) is 6.19. The molecule has 0 heterocycles. The summed E-state index contributed by atoms with van der Waals surface area (Å²) in [5, 5.41) is 0. The molecule has 2 unspecified atom stereocenters. The molecule has 0 aromatic heterocycles. The van der Waals surface area contributed by atoms with E-state index >= 15 is 0 Å². The highest BCUT2D eigenvalue weighted by molar-refractivity contribution is 7.89. The average Bonchev–Trinajstić information content (AvgIpc) is 2.94. The van der Waals surface area contributed by atoms with Gasteiger partial charge in [-0.1, -0.05) is 6.42 Å². The molecular weight excluding hydrogens is 304 g/mol. The number of nitrogens with one attached hydrogen (secondary N) is 1. The minimum atomic E-state index is -3.51. The van der Waals surface area contributed by atoms with E-state index in [1.165, 1.54) is 0 Å². The molecule has 0 bridgehead atoms. The summed E-state index contributed by atoms with van der Waals surface area (Å²) < 4.78 is 37.9. The van der Waals surface area contributed by atoms with Gasteiger partial charge in [-0.15, -0.1) is 0 Å². The molecule has 1 saturated carbocycles. The zero-order valence-corrected chi connectivity index (χ0v) is 13.6. The molecule has 0 amide bonds. The summed E-state index contributed by atoms with van der Waals surface area (Å²) in [6, 6.07) is 6.35. The van der Waals surface area contributed by atoms with E-state index in [9.17, 15) is 8.42 Å². The van der Waals surface area contributed by atoms with Crippen LogP contribution in [0.4, 0.5) is 0 Å². The Bertz CT molecular complexity index is 559. The normalized spacial score (nSPS) is 21.9. The predicted molar refractivity (Wildman–Crippen MR) is 84.3 cm³/mol. The molecule has 22 heavy (non-hydrogen) atoms. The summed E-state index contributed by atoms with van der Waals surface area (Å²) in [5.74, 6) is 0.850. The Balaban J connectivity index is 2.00. The molecule has 124 valence electrons. The minimum Gasteiger partial charge on any atom is -0.491 e. The van der Waals surface area contributed by atoms with Crippen molar-refractivity contribution < 1.29 is 17.9 Å². The lowest BCUT2D eigenvalue weighted by Gasteiger charge is -2.19. The third kappa shape index (κ3) is 4.42. The molecule has 6 nitrogen and oxygen atoms in total. The molecule has 1 fully saturated rings. The molecule has 7 heteroatoms. The summed E-state index contributed by atoms with van der Waals surface area (Å²) in [6.07, 6.45) is 2.84. The van der Waals surface area contributed by atoms with Crippen LogP contribution < -0.4 is 15.2 Å². The number of nitrogens with two attached hydrogens (primary N) is 1. The van der Waals surface area contributed by atoms with Gasteiger partial charge in [0.15, 0.2) is 0 Å². The maximum Gasteiger partial charge on any atom is 0.240 e. The summed E-state index contributed by atoms with van der Waals surface area (Å²) in [6.45, 7) is 1.43. The van der Waals surface area contributed by atoms with Crippen LogP contribution in [0.1, 0.15) is 19.3 Å². The number of rotatable bonds is 8. The highest BCUT2D eigenvalue weighted by Gasteiger charge is 2.30. The van der Waals surface area contributed by atoms with Crippen molar-refractivity contribution in [1.29, 1.82) is 0 Å². The van der Waals surface area contributed by atoms with E-state index in [1.54, 1.807) is 31.4 Å². The highest BCUT2D eigenvalue weighted by atomic mass is 32.2. The summed E-state index contributed by atoms with van der Waals surface area (Å²) in [5.41, 5.74) is 5.70. The van der Waals surface area contributed by atoms with Crippen molar-refractivity contribution in [2.75, 3.05) is 26.9 Å². The fourth-order valence-electron chi connectivity index (χ4n) is 2.70. The van der Waals surface area contributed by atoms with Crippen LogP contribution in [0.2, 0.25) is 0 Å². The lowest BCUT2D eigenvalue weighted by Crippen LogP contribution is -2.39. The second-order valence-corrected chi connectivity index (χ2v) is 7.18. The first-order valence-electron chi connectivity index (χ1n) is 7.51. The van der Waals surface area contributed by atoms with Crippen molar-refractivity contribution in [3.05, 3.63) is 24.3 Å². The van der Waals surface area contributed by atoms with E-state index in [0.29, 0.717) is 25.5 Å². The Hall–Kier alpha value is -1.15. The van der Waals surface area contributed by atoms with Crippen LogP contribution in [0, 0.1) is 5.92 Å². The quantitative estimate of drug-likeness (QED) is 0.698. The lowest BCUT2D eigenvalue weighted by molar-refractivity contribution is 0.146. The van der Waals surface area contributed by atoms with Crippen LogP contribution in [0.3, 0.4) is 0 Å². The van der Waals surface area contributed by atoms with Gasteiger partial charge in [0.05, 0.1) is 11.5 Å². The van der Waals surface area contributed by atoms with Gasteiger partial charge in [0, 0.05) is 13.2 Å². The fraction of sp³-hybridized carbons (Fsp3) is 0.600. The first-order chi connectivity index (χ1) is 10.6. The first-order valence-corrected chi connectivity index (χ1v) is 8.99. The minimum absolute atomic E-state index is 0.0624. The largest absolute Gasteiger partial charge is 0.491 e. The molecule has 0 spiro atoms. The topological polar surface area (TPSA) is 90.6 Å². The highest BCUT2D eigenvalue weighted by Crippen LogP contribution is 2.26. The molecule has 1 aromatic rings. The monoisotopic (exact) mass is 328 g/mol. The van der Waals surface area contributed by atoms with Gasteiger partial charge in [0.2, 0.25) is 10.0 Å². The SMILES string of the molecule is COCCOc1ccc(S(=O)(=O)NC2CCCC2CN)cc1. The number of hydrogen-bond acceptors (Lipinski definition) is 5. The number of sulfonamides is 1. The molecule has 0 saturated heterocycles. The van der Waals surface area contributed by atoms with Crippen molar-refractivity contribution in [3.8, 4) is 5.75 Å². The Morgan fingerprint density at radius 2 is 1.95 bits per heavy atom. The van der Waals surface area contributed by atoms with Crippen molar-refractivity contribution >= 4 is 10.0 Å². The van der Waals surface area contributed by atoms with Gasteiger partial charge in [-0.05, 0) is 49.6 Å². The van der Waals surface area contributed by atoms with Gasteiger partial charge in [0.1, 0.15) is 12.4 Å². The summed E-state index contributed by atoms with van der Waals surface area (Å²) in [4.78, 5) is 0.245. The molecule has 1 aliphatic rings. The van der Waals surface area contributed by atoms with Gasteiger partial charge in [-0.3, -0.25) is 0 Å². The number of hydrogen-bond donors (Lipinski definition) is 2. The van der Waals surface area contributed by atoms with E-state index in [-0.39, 0.29) is 16.9 Å². The molecule has 1 aliphatic carbocycles. The van der Waals surface area contributed by atoms with E-state index < -0.39 is 10.0 Å². The van der Waals surface area contributed by atoms with Gasteiger partial charge >= 0.3 is 0 Å². The number of ether oxygens (including phenoxy) is 2. The smallest absolute Gasteiger partial charge is 0.240 e. The molecule has 2 atom stereocenters. The van der Waals surface area contributed by atoms with E-state index in [1.807, 2.05) is 0 Å². The van der Waals surface area contributed by atoms with Crippen LogP contribution in [0.5, 0.6) is 5.75 Å². The maximum atomic E-state index is 12.4. The third-order valence-electron chi connectivity index (χ3n) is 3.96. The van der Waals surface area contributed by atoms with Crippen molar-refractivity contribution in [2.45, 2.75) is 30.2 Å². The molecule has 0 radical (unpaired) electrons. The maximum absolute atomic E-state index is 12.4. The third-order valence-corrected chi connectivity index (χ3v) is 5.46. The Morgan fingerprint density at radius 3 is 2.59 bits per heavy atom. The fourth-order valence-corrected chi connectivity index (χ4v) is 4.04. The Labute approximate surface area is 132 Å². The molecule has 1 aromatic carbocycles. The van der Waals surface area contributed by atoms with Gasteiger partial charge in [-0.2, -0.15) is 0 Å². The van der Waals surface area contributed by atoms with Crippen molar-refractivity contribution in [3.63, 3.8) is 0 Å². The number of benzene rings is 1. The summed E-state index contributed by atoms with van der Waals surface area (Å²) in [7, 11) is -1.91. The molecule has 2 rings (SSSR count). The average molecular weight is 328 g/mol. The van der Waals surface area contributed by atoms with Crippen molar-refractivity contribution in [2.24, 2.45) is 11.7 Å². The zero-order chi connectivity index (χ0) is 16.0. The molecule has 3 N–H and O–H groups in total. The first kappa shape index (κ1) is 17.2. The van der Waals surface area contributed by atoms with Crippen molar-refractivity contribution in [1.82, 2.24) is 4.72 Å². The van der Waals surface area contributed by atoms with E-state index in [2.05, 4.69) is 4.72 Å². The second-order valence-electron chi connectivity index (χ2n) is 5.47. The van der Waals surface area contributed by atoms with Crippen LogP contribution in [-0.4, -0.2) is 41.3 Å². The standard InChI is InChI=1S/C15H24N2O4S/c1-20-9-10-21-13-5-7-14(8-6-13)22(18,19)17-15-4-2-3-12(15)11-16/h5-8,12,15,17H,2-4,9-11,16H2,1H3. The molecular formula is C15H24N2O4S. The van der Waals surface area contributed by atoms with Gasteiger partial charge in [0.25, 0.3) is 0 Å². The van der Waals surface area contributed by atoms with E-state index in [4.69, 9.17) is 15.2 Å². The zero-order valence-electron chi connectivity index (χ0n) is 12.8. The van der Waals surface area contributed by atoms with Gasteiger partial charge < -0.3 is 15.2 Å². The lowest BCUT2D eigenvalue weighted by atomic mass is 10.1. The second kappa shape index (κ2) is 7.92.